The molecule has 2 aromatic rings. The fourth-order valence-corrected chi connectivity index (χ4v) is 5.40. The van der Waals surface area contributed by atoms with Crippen molar-refractivity contribution in [3.63, 3.8) is 0 Å². The number of fused-ring (bicyclic) bond motifs is 1. The molecule has 28 heavy (non-hydrogen) atoms. The number of rotatable bonds is 6. The van der Waals surface area contributed by atoms with Crippen LogP contribution < -0.4 is 11.1 Å². The zero-order chi connectivity index (χ0) is 19.3. The number of nitrogens with two attached hydrogens (primary N) is 1. The highest BCUT2D eigenvalue weighted by Gasteiger charge is 2.27. The van der Waals surface area contributed by atoms with Gasteiger partial charge in [-0.05, 0) is 81.3 Å². The predicted octanol–water partition coefficient (Wildman–Crippen LogP) is 4.98. The first-order valence-corrected chi connectivity index (χ1v) is 11.3. The van der Waals surface area contributed by atoms with Crippen LogP contribution in [0.1, 0.15) is 87.3 Å². The zero-order valence-electron chi connectivity index (χ0n) is 17.0. The number of hydrogen-bond acceptors (Lipinski definition) is 3. The van der Waals surface area contributed by atoms with Gasteiger partial charge in [0.1, 0.15) is 0 Å². The van der Waals surface area contributed by atoms with Crippen molar-refractivity contribution in [1.82, 2.24) is 9.88 Å². The maximum absolute atomic E-state index is 9.44. The average molecular weight is 379 g/mol. The van der Waals surface area contributed by atoms with Crippen LogP contribution >= 0.6 is 0 Å². The summed E-state index contributed by atoms with van der Waals surface area (Å²) in [6, 6.07) is 9.88. The van der Waals surface area contributed by atoms with E-state index in [0.29, 0.717) is 18.0 Å². The summed E-state index contributed by atoms with van der Waals surface area (Å²) in [5.41, 5.74) is 9.25. The predicted molar refractivity (Wildman–Crippen MR) is 115 cm³/mol. The van der Waals surface area contributed by atoms with Gasteiger partial charge < -0.3 is 15.6 Å². The molecular formula is C24H34N4. The molecule has 1 heterocycles. The minimum Gasteiger partial charge on any atom is -0.344 e. The fourth-order valence-electron chi connectivity index (χ4n) is 5.40. The molecule has 0 saturated heterocycles. The Morgan fingerprint density at radius 1 is 1.11 bits per heavy atom. The Hall–Kier alpha value is -1.83. The Balaban J connectivity index is 1.64. The van der Waals surface area contributed by atoms with Gasteiger partial charge >= 0.3 is 0 Å². The Labute approximate surface area is 169 Å². The van der Waals surface area contributed by atoms with Crippen molar-refractivity contribution in [2.24, 2.45) is 5.73 Å². The van der Waals surface area contributed by atoms with Gasteiger partial charge in [-0.15, -0.1) is 0 Å². The van der Waals surface area contributed by atoms with Crippen LogP contribution in [-0.4, -0.2) is 23.7 Å². The molecule has 2 fully saturated rings. The number of nitrogens with zero attached hydrogens (tertiary/aromatic N) is 2. The summed E-state index contributed by atoms with van der Waals surface area (Å²) >= 11 is 0. The third-order valence-electron chi connectivity index (χ3n) is 6.89. The van der Waals surface area contributed by atoms with Gasteiger partial charge in [0.25, 0.3) is 0 Å². The Morgan fingerprint density at radius 2 is 1.96 bits per heavy atom. The van der Waals surface area contributed by atoms with Gasteiger partial charge in [-0.1, -0.05) is 25.7 Å². The summed E-state index contributed by atoms with van der Waals surface area (Å²) < 4.78 is 2.55. The molecule has 4 rings (SSSR count). The summed E-state index contributed by atoms with van der Waals surface area (Å²) in [4.78, 5) is 0. The van der Waals surface area contributed by atoms with Gasteiger partial charge in [-0.3, -0.25) is 0 Å². The second-order valence-corrected chi connectivity index (χ2v) is 8.78. The molecule has 0 radical (unpaired) electrons. The van der Waals surface area contributed by atoms with E-state index in [4.69, 9.17) is 5.73 Å². The minimum atomic E-state index is 0.588. The summed E-state index contributed by atoms with van der Waals surface area (Å²) in [6.45, 7) is 1.78. The molecule has 0 bridgehead atoms. The van der Waals surface area contributed by atoms with Crippen LogP contribution in [0.4, 0.5) is 0 Å². The molecule has 0 spiro atoms. The molecule has 0 amide bonds. The molecule has 2 aliphatic rings. The Morgan fingerprint density at radius 3 is 2.75 bits per heavy atom. The fraction of sp³-hybridized carbons (Fsp3) is 0.625. The van der Waals surface area contributed by atoms with Crippen LogP contribution in [0.3, 0.4) is 0 Å². The van der Waals surface area contributed by atoms with Crippen molar-refractivity contribution in [3.05, 3.63) is 35.5 Å². The van der Waals surface area contributed by atoms with Crippen LogP contribution in [0.2, 0.25) is 0 Å². The molecule has 150 valence electrons. The molecule has 2 saturated carbocycles. The topological polar surface area (TPSA) is 66.8 Å². The van der Waals surface area contributed by atoms with E-state index in [1.54, 1.807) is 0 Å². The lowest BCUT2D eigenvalue weighted by molar-refractivity contribution is 0.337. The smallest absolute Gasteiger partial charge is 0.0991 e. The number of aromatic nitrogens is 1. The highest BCUT2D eigenvalue weighted by molar-refractivity contribution is 5.86. The SMILES string of the molecule is N#Cc1ccc2c(c1)c(C1CCCC(NCCCN)C1)cn2C1CCCCC1. The maximum atomic E-state index is 9.44. The van der Waals surface area contributed by atoms with E-state index in [9.17, 15) is 5.26 Å². The Bertz CT molecular complexity index is 825. The summed E-state index contributed by atoms with van der Waals surface area (Å²) in [7, 11) is 0. The summed E-state index contributed by atoms with van der Waals surface area (Å²) in [5, 5.41) is 14.5. The first kappa shape index (κ1) is 19.5. The Kier molecular flexibility index (Phi) is 6.34. The first-order chi connectivity index (χ1) is 13.8. The van der Waals surface area contributed by atoms with E-state index < -0.39 is 0 Å². The highest BCUT2D eigenvalue weighted by atomic mass is 15.0. The first-order valence-electron chi connectivity index (χ1n) is 11.3. The summed E-state index contributed by atoms with van der Waals surface area (Å²) in [6.07, 6.45) is 15.1. The largest absolute Gasteiger partial charge is 0.344 e. The van der Waals surface area contributed by atoms with Crippen LogP contribution in [0.15, 0.2) is 24.4 Å². The maximum Gasteiger partial charge on any atom is 0.0991 e. The molecule has 1 aromatic carbocycles. The van der Waals surface area contributed by atoms with Crippen LogP contribution in [0.5, 0.6) is 0 Å². The molecule has 3 N–H and O–H groups in total. The second kappa shape index (κ2) is 9.11. The number of nitrogens with one attached hydrogen (secondary N) is 1. The second-order valence-electron chi connectivity index (χ2n) is 8.78. The number of nitriles is 1. The molecule has 4 heteroatoms. The van der Waals surface area contributed by atoms with Crippen molar-refractivity contribution in [2.45, 2.75) is 82.2 Å². The van der Waals surface area contributed by atoms with Crippen molar-refractivity contribution in [2.75, 3.05) is 13.1 Å². The van der Waals surface area contributed by atoms with Gasteiger partial charge in [-0.2, -0.15) is 5.26 Å². The average Bonchev–Trinajstić information content (AvgIpc) is 3.13. The van der Waals surface area contributed by atoms with Gasteiger partial charge in [0.2, 0.25) is 0 Å². The highest BCUT2D eigenvalue weighted by Crippen LogP contribution is 2.40. The molecular weight excluding hydrogens is 344 g/mol. The normalized spacial score (nSPS) is 23.7. The lowest BCUT2D eigenvalue weighted by Crippen LogP contribution is -2.34. The third kappa shape index (κ3) is 4.11. The zero-order valence-corrected chi connectivity index (χ0v) is 17.0. The van der Waals surface area contributed by atoms with Crippen molar-refractivity contribution < 1.29 is 0 Å². The third-order valence-corrected chi connectivity index (χ3v) is 6.89. The summed E-state index contributed by atoms with van der Waals surface area (Å²) in [5.74, 6) is 0.588. The van der Waals surface area contributed by atoms with Crippen LogP contribution in [-0.2, 0) is 0 Å². The van der Waals surface area contributed by atoms with Gasteiger partial charge in [0.05, 0.1) is 11.6 Å². The van der Waals surface area contributed by atoms with Crippen molar-refractivity contribution >= 4 is 10.9 Å². The lowest BCUT2D eigenvalue weighted by Gasteiger charge is -2.30. The molecule has 2 unspecified atom stereocenters. The molecule has 0 aliphatic heterocycles. The quantitative estimate of drug-likeness (QED) is 0.696. The lowest BCUT2D eigenvalue weighted by atomic mass is 9.81. The van der Waals surface area contributed by atoms with E-state index in [0.717, 1.165) is 25.1 Å². The van der Waals surface area contributed by atoms with Gasteiger partial charge in [0, 0.05) is 29.2 Å². The molecule has 4 nitrogen and oxygen atoms in total. The van der Waals surface area contributed by atoms with Gasteiger partial charge in [0.15, 0.2) is 0 Å². The van der Waals surface area contributed by atoms with E-state index in [1.807, 2.05) is 6.07 Å². The molecule has 2 aliphatic carbocycles. The van der Waals surface area contributed by atoms with Crippen LogP contribution in [0, 0.1) is 11.3 Å². The van der Waals surface area contributed by atoms with E-state index in [2.05, 4.69) is 34.3 Å². The van der Waals surface area contributed by atoms with Gasteiger partial charge in [-0.25, -0.2) is 0 Å². The number of hydrogen-bond donors (Lipinski definition) is 2. The monoisotopic (exact) mass is 378 g/mol. The van der Waals surface area contributed by atoms with Crippen LogP contribution in [0.25, 0.3) is 10.9 Å². The minimum absolute atomic E-state index is 0.588. The van der Waals surface area contributed by atoms with E-state index in [-0.39, 0.29) is 0 Å². The van der Waals surface area contributed by atoms with Crippen molar-refractivity contribution in [1.29, 1.82) is 5.26 Å². The molecule has 1 aromatic heterocycles. The standard InChI is InChI=1S/C24H34N4/c25-12-5-13-27-20-7-4-6-19(15-20)23-17-28(21-8-2-1-3-9-21)24-11-10-18(16-26)14-22(23)24/h10-11,14,17,19-21,27H,1-9,12-13,15,25H2. The van der Waals surface area contributed by atoms with E-state index in [1.165, 1.54) is 74.3 Å². The molecule has 2 atom stereocenters. The number of benzene rings is 1. The van der Waals surface area contributed by atoms with Crippen molar-refractivity contribution in [3.8, 4) is 6.07 Å². The van der Waals surface area contributed by atoms with E-state index >= 15 is 0 Å².